The summed E-state index contributed by atoms with van der Waals surface area (Å²) in [6.45, 7) is 0.467. The van der Waals surface area contributed by atoms with Crippen molar-refractivity contribution in [1.82, 2.24) is 14.9 Å². The number of nitrogens with one attached hydrogen (secondary N) is 1. The normalized spacial score (nSPS) is 12.2. The fourth-order valence-electron chi connectivity index (χ4n) is 2.57. The fraction of sp³-hybridized carbons (Fsp3) is 0.167. The molecular formula is C18H15N3O4S. The number of hydrogen-bond acceptors (Lipinski definition) is 6. The number of aromatic nitrogens is 2. The molecule has 132 valence electrons. The maximum atomic E-state index is 12.2. The lowest BCUT2D eigenvalue weighted by Gasteiger charge is -2.08. The van der Waals surface area contributed by atoms with Crippen LogP contribution in [-0.2, 0) is 17.9 Å². The van der Waals surface area contributed by atoms with Crippen molar-refractivity contribution in [2.24, 2.45) is 0 Å². The average Bonchev–Trinajstić information content (AvgIpc) is 3.33. The first-order valence-electron chi connectivity index (χ1n) is 7.94. The summed E-state index contributed by atoms with van der Waals surface area (Å²) < 4.78 is 11.8. The van der Waals surface area contributed by atoms with E-state index in [2.05, 4.69) is 10.3 Å². The predicted molar refractivity (Wildman–Crippen MR) is 96.2 cm³/mol. The standard InChI is InChI=1S/C18H15N3O4S/c22-17(19-8-12-3-4-14-15(6-12)25-11-24-14)9-21-10-20-13(7-18(21)23)16-2-1-5-26-16/h1-7,10H,8-9,11H2,(H,19,22). The second-order valence-electron chi connectivity index (χ2n) is 5.68. The van der Waals surface area contributed by atoms with Gasteiger partial charge < -0.3 is 14.8 Å². The Kier molecular flexibility index (Phi) is 4.40. The molecule has 0 atom stereocenters. The third-order valence-electron chi connectivity index (χ3n) is 3.89. The monoisotopic (exact) mass is 369 g/mol. The molecule has 0 aliphatic carbocycles. The van der Waals surface area contributed by atoms with Crippen LogP contribution in [0.5, 0.6) is 11.5 Å². The van der Waals surface area contributed by atoms with Crippen molar-refractivity contribution in [2.45, 2.75) is 13.1 Å². The SMILES string of the molecule is O=C(Cn1cnc(-c2cccs2)cc1=O)NCc1ccc2c(c1)OCO2. The van der Waals surface area contributed by atoms with Crippen LogP contribution in [0.15, 0.2) is 52.9 Å². The molecule has 7 nitrogen and oxygen atoms in total. The van der Waals surface area contributed by atoms with Gasteiger partial charge in [-0.25, -0.2) is 4.98 Å². The maximum absolute atomic E-state index is 12.2. The molecule has 0 unspecified atom stereocenters. The van der Waals surface area contributed by atoms with E-state index in [9.17, 15) is 9.59 Å². The highest BCUT2D eigenvalue weighted by atomic mass is 32.1. The molecule has 0 spiro atoms. The van der Waals surface area contributed by atoms with Crippen molar-refractivity contribution in [3.63, 3.8) is 0 Å². The number of benzene rings is 1. The number of nitrogens with zero attached hydrogens (tertiary/aromatic N) is 2. The molecule has 0 bridgehead atoms. The van der Waals surface area contributed by atoms with E-state index in [1.54, 1.807) is 0 Å². The molecule has 3 aromatic rings. The van der Waals surface area contributed by atoms with Crippen LogP contribution in [0.2, 0.25) is 0 Å². The van der Waals surface area contributed by atoms with E-state index in [-0.39, 0.29) is 24.8 Å². The number of carbonyl (C=O) groups is 1. The van der Waals surface area contributed by atoms with E-state index in [0.29, 0.717) is 23.7 Å². The van der Waals surface area contributed by atoms with Gasteiger partial charge in [-0.3, -0.25) is 14.2 Å². The number of thiophene rings is 1. The summed E-state index contributed by atoms with van der Waals surface area (Å²) >= 11 is 1.51. The minimum absolute atomic E-state index is 0.0822. The Morgan fingerprint density at radius 1 is 1.23 bits per heavy atom. The number of ether oxygens (including phenoxy) is 2. The van der Waals surface area contributed by atoms with Gasteiger partial charge >= 0.3 is 0 Å². The van der Waals surface area contributed by atoms with Crippen LogP contribution in [0.3, 0.4) is 0 Å². The van der Waals surface area contributed by atoms with Gasteiger partial charge in [-0.15, -0.1) is 11.3 Å². The lowest BCUT2D eigenvalue weighted by atomic mass is 10.2. The molecule has 0 saturated heterocycles. The van der Waals surface area contributed by atoms with Crippen molar-refractivity contribution in [2.75, 3.05) is 6.79 Å². The second-order valence-corrected chi connectivity index (χ2v) is 6.63. The summed E-state index contributed by atoms with van der Waals surface area (Å²) in [7, 11) is 0. The van der Waals surface area contributed by atoms with Gasteiger partial charge in [0.05, 0.1) is 16.9 Å². The van der Waals surface area contributed by atoms with Crippen molar-refractivity contribution in [3.8, 4) is 22.1 Å². The topological polar surface area (TPSA) is 82.5 Å². The van der Waals surface area contributed by atoms with Gasteiger partial charge in [-0.1, -0.05) is 12.1 Å². The fourth-order valence-corrected chi connectivity index (χ4v) is 3.26. The van der Waals surface area contributed by atoms with Gasteiger partial charge in [0.15, 0.2) is 11.5 Å². The lowest BCUT2D eigenvalue weighted by molar-refractivity contribution is -0.121. The van der Waals surface area contributed by atoms with Crippen molar-refractivity contribution >= 4 is 17.2 Å². The number of amides is 1. The summed E-state index contributed by atoms with van der Waals surface area (Å²) in [5, 5.41) is 4.71. The number of hydrogen-bond donors (Lipinski definition) is 1. The first-order chi connectivity index (χ1) is 12.7. The average molecular weight is 369 g/mol. The lowest BCUT2D eigenvalue weighted by Crippen LogP contribution is -2.31. The highest BCUT2D eigenvalue weighted by Gasteiger charge is 2.13. The van der Waals surface area contributed by atoms with E-state index in [4.69, 9.17) is 9.47 Å². The Bertz CT molecular complexity index is 998. The Morgan fingerprint density at radius 2 is 2.12 bits per heavy atom. The predicted octanol–water partition coefficient (Wildman–Crippen LogP) is 2.02. The Hall–Kier alpha value is -3.13. The first-order valence-corrected chi connectivity index (χ1v) is 8.82. The molecule has 4 rings (SSSR count). The molecule has 1 aromatic carbocycles. The highest BCUT2D eigenvalue weighted by molar-refractivity contribution is 7.13. The molecule has 0 fully saturated rings. The molecule has 1 aliphatic heterocycles. The van der Waals surface area contributed by atoms with Gasteiger partial charge in [-0.2, -0.15) is 0 Å². The first kappa shape index (κ1) is 16.3. The van der Waals surface area contributed by atoms with E-state index < -0.39 is 0 Å². The molecule has 26 heavy (non-hydrogen) atoms. The van der Waals surface area contributed by atoms with Crippen LogP contribution >= 0.6 is 11.3 Å². The van der Waals surface area contributed by atoms with E-state index in [1.165, 1.54) is 28.3 Å². The van der Waals surface area contributed by atoms with Crippen LogP contribution in [-0.4, -0.2) is 22.3 Å². The Balaban J connectivity index is 1.38. The highest BCUT2D eigenvalue weighted by Crippen LogP contribution is 2.32. The van der Waals surface area contributed by atoms with Gasteiger partial charge in [0.1, 0.15) is 6.54 Å². The van der Waals surface area contributed by atoms with Gasteiger partial charge in [0.2, 0.25) is 12.7 Å². The molecule has 0 radical (unpaired) electrons. The molecule has 1 amide bonds. The zero-order valence-corrected chi connectivity index (χ0v) is 14.5. The second kappa shape index (κ2) is 7.01. The minimum Gasteiger partial charge on any atom is -0.454 e. The van der Waals surface area contributed by atoms with Crippen LogP contribution in [0.4, 0.5) is 0 Å². The molecule has 3 heterocycles. The zero-order chi connectivity index (χ0) is 17.9. The Morgan fingerprint density at radius 3 is 2.92 bits per heavy atom. The third kappa shape index (κ3) is 3.45. The van der Waals surface area contributed by atoms with E-state index in [0.717, 1.165) is 10.4 Å². The molecule has 0 saturated carbocycles. The van der Waals surface area contributed by atoms with E-state index >= 15 is 0 Å². The molecular weight excluding hydrogens is 354 g/mol. The summed E-state index contributed by atoms with van der Waals surface area (Å²) in [5.74, 6) is 1.10. The summed E-state index contributed by atoms with van der Waals surface area (Å²) in [4.78, 5) is 29.5. The molecule has 8 heteroatoms. The largest absolute Gasteiger partial charge is 0.454 e. The van der Waals surface area contributed by atoms with Gasteiger partial charge in [0, 0.05) is 12.6 Å². The van der Waals surface area contributed by atoms with E-state index in [1.807, 2.05) is 35.7 Å². The summed E-state index contributed by atoms with van der Waals surface area (Å²) in [5.41, 5.74) is 1.24. The van der Waals surface area contributed by atoms with Gasteiger partial charge in [-0.05, 0) is 29.1 Å². The maximum Gasteiger partial charge on any atom is 0.254 e. The van der Waals surface area contributed by atoms with Crippen molar-refractivity contribution in [3.05, 3.63) is 64.0 Å². The summed E-state index contributed by atoms with van der Waals surface area (Å²) in [6.07, 6.45) is 1.40. The zero-order valence-electron chi connectivity index (χ0n) is 13.7. The minimum atomic E-state index is -0.268. The van der Waals surface area contributed by atoms with Crippen LogP contribution in [0.25, 0.3) is 10.6 Å². The molecule has 1 aliphatic rings. The number of carbonyl (C=O) groups excluding carboxylic acids is 1. The molecule has 1 N–H and O–H groups in total. The summed E-state index contributed by atoms with van der Waals surface area (Å²) in [6, 6.07) is 10.7. The number of fused-ring (bicyclic) bond motifs is 1. The Labute approximate surface area is 152 Å². The quantitative estimate of drug-likeness (QED) is 0.744. The van der Waals surface area contributed by atoms with Crippen molar-refractivity contribution in [1.29, 1.82) is 0 Å². The van der Waals surface area contributed by atoms with Crippen molar-refractivity contribution < 1.29 is 14.3 Å². The molecule has 2 aromatic heterocycles. The van der Waals surface area contributed by atoms with Crippen LogP contribution < -0.4 is 20.3 Å². The van der Waals surface area contributed by atoms with Crippen LogP contribution in [0, 0.1) is 0 Å². The third-order valence-corrected chi connectivity index (χ3v) is 4.79. The smallest absolute Gasteiger partial charge is 0.254 e. The van der Waals surface area contributed by atoms with Crippen LogP contribution in [0.1, 0.15) is 5.56 Å². The number of rotatable bonds is 5. The van der Waals surface area contributed by atoms with Gasteiger partial charge in [0.25, 0.3) is 5.56 Å².